The zero-order valence-corrected chi connectivity index (χ0v) is 7.67. The Kier molecular flexibility index (Phi) is 3.56. The SMILES string of the molecule is CCOC(=O)C(C#N)c1ncccn1. The molecule has 0 fully saturated rings. The third kappa shape index (κ3) is 2.26. The van der Waals surface area contributed by atoms with E-state index in [4.69, 9.17) is 10.00 Å². The van der Waals surface area contributed by atoms with E-state index in [9.17, 15) is 4.79 Å². The third-order valence-corrected chi connectivity index (χ3v) is 1.50. The van der Waals surface area contributed by atoms with Crippen molar-refractivity contribution in [3.05, 3.63) is 24.3 Å². The molecule has 0 radical (unpaired) electrons. The molecular formula is C9H9N3O2. The van der Waals surface area contributed by atoms with Crippen LogP contribution < -0.4 is 0 Å². The molecule has 5 heteroatoms. The van der Waals surface area contributed by atoms with E-state index in [0.29, 0.717) is 0 Å². The van der Waals surface area contributed by atoms with Gasteiger partial charge < -0.3 is 4.74 Å². The maximum Gasteiger partial charge on any atom is 0.331 e. The van der Waals surface area contributed by atoms with Gasteiger partial charge in [0.2, 0.25) is 5.92 Å². The molecule has 1 unspecified atom stereocenters. The Morgan fingerprint density at radius 1 is 1.64 bits per heavy atom. The van der Waals surface area contributed by atoms with Crippen LogP contribution in [0, 0.1) is 11.3 Å². The van der Waals surface area contributed by atoms with Gasteiger partial charge in [-0.2, -0.15) is 5.26 Å². The molecular weight excluding hydrogens is 182 g/mol. The highest BCUT2D eigenvalue weighted by Gasteiger charge is 2.23. The molecule has 0 bridgehead atoms. The quantitative estimate of drug-likeness (QED) is 0.655. The first-order valence-corrected chi connectivity index (χ1v) is 4.12. The van der Waals surface area contributed by atoms with Crippen molar-refractivity contribution in [2.75, 3.05) is 6.61 Å². The van der Waals surface area contributed by atoms with Gasteiger partial charge in [0.15, 0.2) is 5.82 Å². The number of nitriles is 1. The summed E-state index contributed by atoms with van der Waals surface area (Å²) < 4.78 is 4.71. The Morgan fingerprint density at radius 3 is 2.79 bits per heavy atom. The molecule has 14 heavy (non-hydrogen) atoms. The number of carbonyl (C=O) groups is 1. The van der Waals surface area contributed by atoms with Gasteiger partial charge in [-0.15, -0.1) is 0 Å². The molecule has 1 atom stereocenters. The van der Waals surface area contributed by atoms with Gasteiger partial charge in [-0.1, -0.05) is 0 Å². The zero-order valence-electron chi connectivity index (χ0n) is 7.67. The lowest BCUT2D eigenvalue weighted by molar-refractivity contribution is -0.143. The van der Waals surface area contributed by atoms with E-state index in [0.717, 1.165) is 0 Å². The normalized spacial score (nSPS) is 11.4. The molecule has 5 nitrogen and oxygen atoms in total. The molecule has 0 aliphatic heterocycles. The molecule has 0 aliphatic rings. The Morgan fingerprint density at radius 2 is 2.29 bits per heavy atom. The van der Waals surface area contributed by atoms with Crippen LogP contribution in [0.25, 0.3) is 0 Å². The lowest BCUT2D eigenvalue weighted by atomic mass is 10.1. The van der Waals surface area contributed by atoms with Crippen LogP contribution in [-0.2, 0) is 9.53 Å². The van der Waals surface area contributed by atoms with E-state index in [1.54, 1.807) is 19.1 Å². The molecule has 1 rings (SSSR count). The monoisotopic (exact) mass is 191 g/mol. The molecule has 1 heterocycles. The van der Waals surface area contributed by atoms with E-state index in [2.05, 4.69) is 9.97 Å². The van der Waals surface area contributed by atoms with Crippen LogP contribution in [0.15, 0.2) is 18.5 Å². The van der Waals surface area contributed by atoms with Gasteiger partial charge in [-0.3, -0.25) is 4.79 Å². The number of esters is 1. The Bertz CT molecular complexity index is 345. The smallest absolute Gasteiger partial charge is 0.331 e. The molecule has 0 N–H and O–H groups in total. The lowest BCUT2D eigenvalue weighted by Crippen LogP contribution is -2.16. The topological polar surface area (TPSA) is 75.9 Å². The van der Waals surface area contributed by atoms with Gasteiger partial charge in [-0.05, 0) is 13.0 Å². The van der Waals surface area contributed by atoms with Gasteiger partial charge >= 0.3 is 5.97 Å². The van der Waals surface area contributed by atoms with Gasteiger partial charge in [-0.25, -0.2) is 9.97 Å². The molecule has 72 valence electrons. The molecule has 0 amide bonds. The van der Waals surface area contributed by atoms with Crippen LogP contribution in [0.4, 0.5) is 0 Å². The summed E-state index contributed by atoms with van der Waals surface area (Å²) in [7, 11) is 0. The predicted molar refractivity (Wildman–Crippen MR) is 47.0 cm³/mol. The summed E-state index contributed by atoms with van der Waals surface area (Å²) in [4.78, 5) is 18.9. The van der Waals surface area contributed by atoms with Crippen molar-refractivity contribution in [3.8, 4) is 6.07 Å². The van der Waals surface area contributed by atoms with Crippen molar-refractivity contribution in [1.82, 2.24) is 9.97 Å². The summed E-state index contributed by atoms with van der Waals surface area (Å²) in [6, 6.07) is 3.42. The van der Waals surface area contributed by atoms with E-state index in [-0.39, 0.29) is 12.4 Å². The van der Waals surface area contributed by atoms with E-state index < -0.39 is 11.9 Å². The van der Waals surface area contributed by atoms with Crippen molar-refractivity contribution < 1.29 is 9.53 Å². The van der Waals surface area contributed by atoms with Gasteiger partial charge in [0, 0.05) is 12.4 Å². The fraction of sp³-hybridized carbons (Fsp3) is 0.333. The van der Waals surface area contributed by atoms with Crippen molar-refractivity contribution in [1.29, 1.82) is 5.26 Å². The molecule has 1 aromatic rings. The van der Waals surface area contributed by atoms with Crippen LogP contribution >= 0.6 is 0 Å². The van der Waals surface area contributed by atoms with Gasteiger partial charge in [0.05, 0.1) is 12.7 Å². The first kappa shape index (κ1) is 10.1. The fourth-order valence-corrected chi connectivity index (χ4v) is 0.901. The summed E-state index contributed by atoms with van der Waals surface area (Å²) in [5.74, 6) is -1.47. The average molecular weight is 191 g/mol. The first-order chi connectivity index (χ1) is 6.79. The number of hydrogen-bond acceptors (Lipinski definition) is 5. The van der Waals surface area contributed by atoms with Crippen LogP contribution in [0.1, 0.15) is 18.7 Å². The standard InChI is InChI=1S/C9H9N3O2/c1-2-14-9(13)7(6-10)8-11-4-3-5-12-8/h3-5,7H,2H2,1H3. The summed E-state index contributed by atoms with van der Waals surface area (Å²) in [5, 5.41) is 8.75. The highest BCUT2D eigenvalue weighted by Crippen LogP contribution is 2.10. The van der Waals surface area contributed by atoms with Crippen molar-refractivity contribution >= 4 is 5.97 Å². The summed E-state index contributed by atoms with van der Waals surface area (Å²) in [6.45, 7) is 1.92. The summed E-state index contributed by atoms with van der Waals surface area (Å²) in [5.41, 5.74) is 0. The first-order valence-electron chi connectivity index (χ1n) is 4.12. The second-order valence-electron chi connectivity index (χ2n) is 2.42. The molecule has 1 aromatic heterocycles. The van der Waals surface area contributed by atoms with Crippen LogP contribution in [0.2, 0.25) is 0 Å². The van der Waals surface area contributed by atoms with Crippen LogP contribution in [0.5, 0.6) is 0 Å². The minimum atomic E-state index is -1.03. The fourth-order valence-electron chi connectivity index (χ4n) is 0.901. The summed E-state index contributed by atoms with van der Waals surface area (Å²) >= 11 is 0. The maximum absolute atomic E-state index is 11.3. The lowest BCUT2D eigenvalue weighted by Gasteiger charge is -2.05. The van der Waals surface area contributed by atoms with E-state index in [1.165, 1.54) is 12.4 Å². The molecule has 0 saturated carbocycles. The van der Waals surface area contributed by atoms with Crippen molar-refractivity contribution in [3.63, 3.8) is 0 Å². The minimum absolute atomic E-state index is 0.174. The largest absolute Gasteiger partial charge is 0.465 e. The number of aromatic nitrogens is 2. The Hall–Kier alpha value is -1.96. The van der Waals surface area contributed by atoms with Crippen molar-refractivity contribution in [2.45, 2.75) is 12.8 Å². The van der Waals surface area contributed by atoms with Gasteiger partial charge in [0.1, 0.15) is 0 Å². The van der Waals surface area contributed by atoms with E-state index >= 15 is 0 Å². The number of rotatable bonds is 3. The molecule has 0 saturated heterocycles. The Labute approximate surface area is 81.4 Å². The minimum Gasteiger partial charge on any atom is -0.465 e. The average Bonchev–Trinajstić information content (AvgIpc) is 2.21. The summed E-state index contributed by atoms with van der Waals surface area (Å²) in [6.07, 6.45) is 2.96. The number of ether oxygens (including phenoxy) is 1. The van der Waals surface area contributed by atoms with Crippen LogP contribution in [-0.4, -0.2) is 22.5 Å². The molecule has 0 spiro atoms. The predicted octanol–water partition coefficient (Wildman–Crippen LogP) is 0.647. The maximum atomic E-state index is 11.3. The second kappa shape index (κ2) is 4.92. The number of carbonyl (C=O) groups excluding carboxylic acids is 1. The van der Waals surface area contributed by atoms with Crippen LogP contribution in [0.3, 0.4) is 0 Å². The molecule has 0 aromatic carbocycles. The highest BCUT2D eigenvalue weighted by molar-refractivity contribution is 5.80. The number of hydrogen-bond donors (Lipinski definition) is 0. The second-order valence-corrected chi connectivity index (χ2v) is 2.42. The van der Waals surface area contributed by atoms with Gasteiger partial charge in [0.25, 0.3) is 0 Å². The third-order valence-electron chi connectivity index (χ3n) is 1.50. The highest BCUT2D eigenvalue weighted by atomic mass is 16.5. The number of nitrogens with zero attached hydrogens (tertiary/aromatic N) is 3. The molecule has 0 aliphatic carbocycles. The zero-order chi connectivity index (χ0) is 10.4. The van der Waals surface area contributed by atoms with Crippen molar-refractivity contribution in [2.24, 2.45) is 0 Å². The van der Waals surface area contributed by atoms with E-state index in [1.807, 2.05) is 0 Å². The Balaban J connectivity index is 2.84.